The second-order valence-corrected chi connectivity index (χ2v) is 3.31. The van der Waals surface area contributed by atoms with Gasteiger partial charge >= 0.3 is 0 Å². The molecular formula is C10H10BrFO. The van der Waals surface area contributed by atoms with E-state index in [1.54, 1.807) is 6.07 Å². The monoisotopic (exact) mass is 244 g/mol. The SMILES string of the molecule is C/C=C/COc1cc(F)ccc1Br. The standard InChI is InChI=1S/C10H10BrFO/c1-2-3-6-13-10-7-8(12)4-5-9(10)11/h2-5,7H,6H2,1H3/b3-2+. The summed E-state index contributed by atoms with van der Waals surface area (Å²) in [6, 6.07) is 4.36. The molecule has 3 heteroatoms. The van der Waals surface area contributed by atoms with Crippen LogP contribution in [0.25, 0.3) is 0 Å². The van der Waals surface area contributed by atoms with Crippen molar-refractivity contribution in [3.05, 3.63) is 40.6 Å². The molecule has 1 nitrogen and oxygen atoms in total. The van der Waals surface area contributed by atoms with Crippen molar-refractivity contribution in [2.75, 3.05) is 6.61 Å². The highest BCUT2D eigenvalue weighted by Crippen LogP contribution is 2.25. The lowest BCUT2D eigenvalue weighted by molar-refractivity contribution is 0.358. The van der Waals surface area contributed by atoms with Crippen LogP contribution in [0.15, 0.2) is 34.8 Å². The number of benzene rings is 1. The Morgan fingerprint density at radius 3 is 3.00 bits per heavy atom. The first-order valence-electron chi connectivity index (χ1n) is 3.93. The van der Waals surface area contributed by atoms with Crippen molar-refractivity contribution in [1.29, 1.82) is 0 Å². The highest BCUT2D eigenvalue weighted by atomic mass is 79.9. The average molecular weight is 245 g/mol. The summed E-state index contributed by atoms with van der Waals surface area (Å²) in [7, 11) is 0. The predicted octanol–water partition coefficient (Wildman–Crippen LogP) is 3.54. The molecule has 0 N–H and O–H groups in total. The van der Waals surface area contributed by atoms with Gasteiger partial charge in [0.2, 0.25) is 0 Å². The summed E-state index contributed by atoms with van der Waals surface area (Å²) in [5, 5.41) is 0. The fraction of sp³-hybridized carbons (Fsp3) is 0.200. The van der Waals surface area contributed by atoms with E-state index < -0.39 is 0 Å². The van der Waals surface area contributed by atoms with Crippen LogP contribution in [-0.2, 0) is 0 Å². The molecule has 0 atom stereocenters. The number of halogens is 2. The van der Waals surface area contributed by atoms with E-state index in [2.05, 4.69) is 15.9 Å². The summed E-state index contributed by atoms with van der Waals surface area (Å²) < 4.78 is 18.8. The Balaban J connectivity index is 2.69. The van der Waals surface area contributed by atoms with Crippen LogP contribution in [-0.4, -0.2) is 6.61 Å². The topological polar surface area (TPSA) is 9.23 Å². The molecule has 0 saturated heterocycles. The van der Waals surface area contributed by atoms with Crippen LogP contribution in [0.5, 0.6) is 5.75 Å². The number of rotatable bonds is 3. The highest BCUT2D eigenvalue weighted by Gasteiger charge is 2.00. The lowest BCUT2D eigenvalue weighted by atomic mass is 10.3. The Morgan fingerprint density at radius 2 is 2.31 bits per heavy atom. The number of hydrogen-bond donors (Lipinski definition) is 0. The van der Waals surface area contributed by atoms with E-state index in [9.17, 15) is 4.39 Å². The minimum Gasteiger partial charge on any atom is -0.488 e. The van der Waals surface area contributed by atoms with E-state index in [1.807, 2.05) is 19.1 Å². The first-order valence-corrected chi connectivity index (χ1v) is 4.72. The maximum Gasteiger partial charge on any atom is 0.136 e. The molecule has 0 aromatic heterocycles. The average Bonchev–Trinajstić information content (AvgIpc) is 2.11. The summed E-state index contributed by atoms with van der Waals surface area (Å²) in [6.45, 7) is 2.36. The molecule has 0 amide bonds. The molecule has 13 heavy (non-hydrogen) atoms. The van der Waals surface area contributed by atoms with Gasteiger partial charge in [0.15, 0.2) is 0 Å². The summed E-state index contributed by atoms with van der Waals surface area (Å²) in [4.78, 5) is 0. The fourth-order valence-corrected chi connectivity index (χ4v) is 1.18. The summed E-state index contributed by atoms with van der Waals surface area (Å²) in [5.41, 5.74) is 0. The van der Waals surface area contributed by atoms with Crippen molar-refractivity contribution in [3.8, 4) is 5.75 Å². The van der Waals surface area contributed by atoms with Crippen molar-refractivity contribution in [1.82, 2.24) is 0 Å². The van der Waals surface area contributed by atoms with Crippen LogP contribution in [0, 0.1) is 5.82 Å². The van der Waals surface area contributed by atoms with Gasteiger partial charge in [-0.3, -0.25) is 0 Å². The molecule has 0 aliphatic heterocycles. The molecule has 1 aromatic rings. The smallest absolute Gasteiger partial charge is 0.136 e. The third-order valence-corrected chi connectivity index (χ3v) is 2.12. The van der Waals surface area contributed by atoms with Crippen molar-refractivity contribution in [2.45, 2.75) is 6.92 Å². The van der Waals surface area contributed by atoms with E-state index in [0.29, 0.717) is 12.4 Å². The van der Waals surface area contributed by atoms with Gasteiger partial charge in [0.25, 0.3) is 0 Å². The first-order chi connectivity index (χ1) is 6.24. The van der Waals surface area contributed by atoms with Gasteiger partial charge in [-0.15, -0.1) is 0 Å². The molecule has 1 rings (SSSR count). The van der Waals surface area contributed by atoms with E-state index in [1.165, 1.54) is 12.1 Å². The molecule has 70 valence electrons. The van der Waals surface area contributed by atoms with Gasteiger partial charge < -0.3 is 4.74 Å². The molecule has 0 fully saturated rings. The van der Waals surface area contributed by atoms with Gasteiger partial charge in [-0.1, -0.05) is 12.2 Å². The molecule has 1 aromatic carbocycles. The summed E-state index contributed by atoms with van der Waals surface area (Å²) in [5.74, 6) is 0.233. The Hall–Kier alpha value is -0.830. The number of allylic oxidation sites excluding steroid dienone is 1. The lowest BCUT2D eigenvalue weighted by Gasteiger charge is -2.04. The predicted molar refractivity (Wildman–Crippen MR) is 54.4 cm³/mol. The van der Waals surface area contributed by atoms with Crippen molar-refractivity contribution >= 4 is 15.9 Å². The van der Waals surface area contributed by atoms with Crippen molar-refractivity contribution in [3.63, 3.8) is 0 Å². The Labute approximate surface area is 85.3 Å². The zero-order valence-electron chi connectivity index (χ0n) is 7.26. The maximum absolute atomic E-state index is 12.7. The molecule has 0 heterocycles. The Morgan fingerprint density at radius 1 is 1.54 bits per heavy atom. The van der Waals surface area contributed by atoms with Crippen LogP contribution in [0.2, 0.25) is 0 Å². The van der Waals surface area contributed by atoms with Crippen LogP contribution in [0.1, 0.15) is 6.92 Å². The normalized spacial score (nSPS) is 10.7. The van der Waals surface area contributed by atoms with Crippen LogP contribution in [0.3, 0.4) is 0 Å². The summed E-state index contributed by atoms with van der Waals surface area (Å²) >= 11 is 3.27. The van der Waals surface area contributed by atoms with Crippen LogP contribution < -0.4 is 4.74 Å². The third-order valence-electron chi connectivity index (χ3n) is 1.46. The quantitative estimate of drug-likeness (QED) is 0.740. The summed E-state index contributed by atoms with van der Waals surface area (Å²) in [6.07, 6.45) is 3.74. The van der Waals surface area contributed by atoms with E-state index >= 15 is 0 Å². The molecule has 0 unspecified atom stereocenters. The van der Waals surface area contributed by atoms with Gasteiger partial charge in [-0.05, 0) is 35.0 Å². The minimum atomic E-state index is -0.293. The van der Waals surface area contributed by atoms with Gasteiger partial charge in [0.05, 0.1) is 4.47 Å². The highest BCUT2D eigenvalue weighted by molar-refractivity contribution is 9.10. The van der Waals surface area contributed by atoms with Crippen molar-refractivity contribution in [2.24, 2.45) is 0 Å². The minimum absolute atomic E-state index is 0.293. The Bertz CT molecular complexity index is 310. The maximum atomic E-state index is 12.7. The fourth-order valence-electron chi connectivity index (χ4n) is 0.822. The third kappa shape index (κ3) is 3.19. The zero-order chi connectivity index (χ0) is 9.68. The van der Waals surface area contributed by atoms with Gasteiger partial charge in [-0.25, -0.2) is 4.39 Å². The second kappa shape index (κ2) is 5.02. The molecule has 0 aliphatic carbocycles. The number of ether oxygens (including phenoxy) is 1. The first kappa shape index (κ1) is 10.3. The molecule has 0 aliphatic rings. The Kier molecular flexibility index (Phi) is 3.96. The molecule has 0 radical (unpaired) electrons. The second-order valence-electron chi connectivity index (χ2n) is 2.45. The van der Waals surface area contributed by atoms with Gasteiger partial charge in [0.1, 0.15) is 18.2 Å². The van der Waals surface area contributed by atoms with Gasteiger partial charge in [-0.2, -0.15) is 0 Å². The van der Waals surface area contributed by atoms with Crippen LogP contribution >= 0.6 is 15.9 Å². The number of hydrogen-bond acceptors (Lipinski definition) is 1. The van der Waals surface area contributed by atoms with Gasteiger partial charge in [0, 0.05) is 6.07 Å². The van der Waals surface area contributed by atoms with Crippen LogP contribution in [0.4, 0.5) is 4.39 Å². The van der Waals surface area contributed by atoms with E-state index in [4.69, 9.17) is 4.74 Å². The zero-order valence-corrected chi connectivity index (χ0v) is 8.84. The molecule has 0 bridgehead atoms. The van der Waals surface area contributed by atoms with E-state index in [-0.39, 0.29) is 5.82 Å². The largest absolute Gasteiger partial charge is 0.488 e. The molecule has 0 spiro atoms. The van der Waals surface area contributed by atoms with E-state index in [0.717, 1.165) is 4.47 Å². The van der Waals surface area contributed by atoms with Crippen molar-refractivity contribution < 1.29 is 9.13 Å². The molecule has 0 saturated carbocycles. The molecular weight excluding hydrogens is 235 g/mol. The lowest BCUT2D eigenvalue weighted by Crippen LogP contribution is -1.94.